The molecule has 0 heterocycles. The first kappa shape index (κ1) is 9.32. The van der Waals surface area contributed by atoms with Gasteiger partial charge in [-0.15, -0.1) is 0 Å². The molecule has 0 unspecified atom stereocenters. The van der Waals surface area contributed by atoms with Crippen LogP contribution in [0.4, 0.5) is 10.1 Å². The van der Waals surface area contributed by atoms with Gasteiger partial charge in [-0.2, -0.15) is 0 Å². The zero-order chi connectivity index (χ0) is 8.97. The van der Waals surface area contributed by atoms with Crippen molar-refractivity contribution in [2.75, 3.05) is 19.0 Å². The van der Waals surface area contributed by atoms with Gasteiger partial charge < -0.3 is 10.5 Å². The second-order valence-corrected chi connectivity index (χ2v) is 3.14. The fourth-order valence-corrected chi connectivity index (χ4v) is 1.12. The predicted molar refractivity (Wildman–Crippen MR) is 50.0 cm³/mol. The van der Waals surface area contributed by atoms with Gasteiger partial charge in [-0.3, -0.25) is 0 Å². The average Bonchev–Trinajstić information content (AvgIpc) is 2.07. The number of anilines is 1. The maximum atomic E-state index is 11.7. The fourth-order valence-electron chi connectivity index (χ4n) is 0.782. The number of alkyl halides is 1. The minimum Gasteiger partial charge on any atom is -0.489 e. The zero-order valence-electron chi connectivity index (χ0n) is 6.39. The minimum absolute atomic E-state index is 0.0423. The summed E-state index contributed by atoms with van der Waals surface area (Å²) in [5.74, 6) is 0.516. The van der Waals surface area contributed by atoms with E-state index in [0.717, 1.165) is 4.47 Å². The zero-order valence-corrected chi connectivity index (χ0v) is 7.97. The molecule has 0 aliphatic rings. The number of nitrogen functional groups attached to an aromatic ring is 1. The fraction of sp³-hybridized carbons (Fsp3) is 0.250. The van der Waals surface area contributed by atoms with Crippen molar-refractivity contribution in [2.45, 2.75) is 0 Å². The van der Waals surface area contributed by atoms with E-state index in [2.05, 4.69) is 15.9 Å². The normalized spacial score (nSPS) is 9.83. The first-order valence-electron chi connectivity index (χ1n) is 3.48. The average molecular weight is 234 g/mol. The van der Waals surface area contributed by atoms with E-state index in [1.807, 2.05) is 0 Å². The molecular formula is C8H9BrFNO. The molecule has 0 aromatic heterocycles. The summed E-state index contributed by atoms with van der Waals surface area (Å²) in [6, 6.07) is 5.22. The molecule has 12 heavy (non-hydrogen) atoms. The van der Waals surface area contributed by atoms with Crippen molar-refractivity contribution in [3.05, 3.63) is 22.7 Å². The van der Waals surface area contributed by atoms with Gasteiger partial charge in [0.25, 0.3) is 0 Å². The molecule has 1 rings (SSSR count). The SMILES string of the molecule is Nc1ccc(Br)cc1OCCF. The van der Waals surface area contributed by atoms with Crippen LogP contribution in [-0.4, -0.2) is 13.3 Å². The topological polar surface area (TPSA) is 35.2 Å². The van der Waals surface area contributed by atoms with Gasteiger partial charge in [-0.25, -0.2) is 4.39 Å². The van der Waals surface area contributed by atoms with Crippen LogP contribution < -0.4 is 10.5 Å². The van der Waals surface area contributed by atoms with Gasteiger partial charge in [0.2, 0.25) is 0 Å². The number of nitrogens with two attached hydrogens (primary N) is 1. The van der Waals surface area contributed by atoms with Crippen LogP contribution >= 0.6 is 15.9 Å². The Morgan fingerprint density at radius 2 is 2.25 bits per heavy atom. The number of benzene rings is 1. The lowest BCUT2D eigenvalue weighted by atomic mass is 10.3. The van der Waals surface area contributed by atoms with Crippen molar-refractivity contribution in [3.8, 4) is 5.75 Å². The number of hydrogen-bond acceptors (Lipinski definition) is 2. The predicted octanol–water partition coefficient (Wildman–Crippen LogP) is 2.38. The molecule has 2 N–H and O–H groups in total. The third kappa shape index (κ3) is 2.37. The van der Waals surface area contributed by atoms with E-state index in [4.69, 9.17) is 10.5 Å². The van der Waals surface area contributed by atoms with Gasteiger partial charge in [0, 0.05) is 4.47 Å². The molecule has 2 nitrogen and oxygen atoms in total. The molecule has 0 atom stereocenters. The Bertz CT molecular complexity index is 267. The highest BCUT2D eigenvalue weighted by atomic mass is 79.9. The van der Waals surface area contributed by atoms with Gasteiger partial charge in [-0.1, -0.05) is 15.9 Å². The molecule has 0 fully saturated rings. The van der Waals surface area contributed by atoms with Gasteiger partial charge in [-0.05, 0) is 18.2 Å². The summed E-state index contributed by atoms with van der Waals surface area (Å²) in [6.07, 6.45) is 0. The van der Waals surface area contributed by atoms with Crippen LogP contribution in [0.2, 0.25) is 0 Å². The second-order valence-electron chi connectivity index (χ2n) is 2.22. The summed E-state index contributed by atoms with van der Waals surface area (Å²) in [5.41, 5.74) is 6.08. The first-order chi connectivity index (χ1) is 5.74. The van der Waals surface area contributed by atoms with Crippen LogP contribution in [0.1, 0.15) is 0 Å². The maximum absolute atomic E-state index is 11.7. The van der Waals surface area contributed by atoms with Crippen molar-refractivity contribution in [1.82, 2.24) is 0 Å². The molecule has 0 aliphatic carbocycles. The third-order valence-electron chi connectivity index (χ3n) is 1.31. The lowest BCUT2D eigenvalue weighted by Crippen LogP contribution is -2.01. The minimum atomic E-state index is -0.508. The highest BCUT2D eigenvalue weighted by Gasteiger charge is 1.99. The van der Waals surface area contributed by atoms with Crippen molar-refractivity contribution < 1.29 is 9.13 Å². The molecule has 0 saturated carbocycles. The molecule has 0 aliphatic heterocycles. The molecule has 0 bridgehead atoms. The monoisotopic (exact) mass is 233 g/mol. The van der Waals surface area contributed by atoms with Crippen molar-refractivity contribution in [1.29, 1.82) is 0 Å². The maximum Gasteiger partial charge on any atom is 0.143 e. The van der Waals surface area contributed by atoms with E-state index in [1.54, 1.807) is 18.2 Å². The van der Waals surface area contributed by atoms with E-state index in [1.165, 1.54) is 0 Å². The summed E-state index contributed by atoms with van der Waals surface area (Å²) in [6.45, 7) is -0.466. The molecule has 66 valence electrons. The van der Waals surface area contributed by atoms with E-state index >= 15 is 0 Å². The summed E-state index contributed by atoms with van der Waals surface area (Å²) in [4.78, 5) is 0. The van der Waals surface area contributed by atoms with Crippen LogP contribution in [0.15, 0.2) is 22.7 Å². The Kier molecular flexibility index (Phi) is 3.34. The molecule has 1 aromatic rings. The quantitative estimate of drug-likeness (QED) is 0.815. The Morgan fingerprint density at radius 1 is 1.50 bits per heavy atom. The van der Waals surface area contributed by atoms with Crippen LogP contribution in [-0.2, 0) is 0 Å². The summed E-state index contributed by atoms with van der Waals surface area (Å²) < 4.78 is 17.6. The molecule has 0 radical (unpaired) electrons. The highest BCUT2D eigenvalue weighted by molar-refractivity contribution is 9.10. The van der Waals surface area contributed by atoms with E-state index < -0.39 is 6.67 Å². The summed E-state index contributed by atoms with van der Waals surface area (Å²) in [7, 11) is 0. The van der Waals surface area contributed by atoms with E-state index in [0.29, 0.717) is 11.4 Å². The van der Waals surface area contributed by atoms with Gasteiger partial charge >= 0.3 is 0 Å². The Hall–Kier alpha value is -0.770. The van der Waals surface area contributed by atoms with Gasteiger partial charge in [0.1, 0.15) is 19.0 Å². The second kappa shape index (κ2) is 4.30. The molecule has 0 spiro atoms. The Balaban J connectivity index is 2.75. The molecule has 0 amide bonds. The van der Waals surface area contributed by atoms with Crippen LogP contribution in [0.25, 0.3) is 0 Å². The smallest absolute Gasteiger partial charge is 0.143 e. The van der Waals surface area contributed by atoms with Crippen LogP contribution in [0, 0.1) is 0 Å². The van der Waals surface area contributed by atoms with E-state index in [9.17, 15) is 4.39 Å². The van der Waals surface area contributed by atoms with E-state index in [-0.39, 0.29) is 6.61 Å². The molecule has 0 saturated heterocycles. The Labute approximate surface area is 78.6 Å². The number of rotatable bonds is 3. The standard InChI is InChI=1S/C8H9BrFNO/c9-6-1-2-7(11)8(5-6)12-4-3-10/h1-2,5H,3-4,11H2. The van der Waals surface area contributed by atoms with Crippen molar-refractivity contribution in [3.63, 3.8) is 0 Å². The molecule has 4 heteroatoms. The van der Waals surface area contributed by atoms with Crippen LogP contribution in [0.5, 0.6) is 5.75 Å². The highest BCUT2D eigenvalue weighted by Crippen LogP contribution is 2.25. The summed E-state index contributed by atoms with van der Waals surface area (Å²) >= 11 is 3.26. The Morgan fingerprint density at radius 3 is 2.92 bits per heavy atom. The first-order valence-corrected chi connectivity index (χ1v) is 4.27. The lowest BCUT2D eigenvalue weighted by molar-refractivity contribution is 0.274. The number of halogens is 2. The lowest BCUT2D eigenvalue weighted by Gasteiger charge is -2.06. The van der Waals surface area contributed by atoms with Gasteiger partial charge in [0.05, 0.1) is 5.69 Å². The number of hydrogen-bond donors (Lipinski definition) is 1. The summed E-state index contributed by atoms with van der Waals surface area (Å²) in [5, 5.41) is 0. The number of ether oxygens (including phenoxy) is 1. The van der Waals surface area contributed by atoms with Gasteiger partial charge in [0.15, 0.2) is 0 Å². The van der Waals surface area contributed by atoms with Crippen LogP contribution in [0.3, 0.4) is 0 Å². The molecule has 1 aromatic carbocycles. The molecular weight excluding hydrogens is 225 g/mol. The third-order valence-corrected chi connectivity index (χ3v) is 1.80. The van der Waals surface area contributed by atoms with Crippen molar-refractivity contribution >= 4 is 21.6 Å². The largest absolute Gasteiger partial charge is 0.489 e. The van der Waals surface area contributed by atoms with Crippen molar-refractivity contribution in [2.24, 2.45) is 0 Å².